The Labute approximate surface area is 161 Å². The smallest absolute Gasteiger partial charge is 0.276 e. The van der Waals surface area contributed by atoms with E-state index in [2.05, 4.69) is 10.2 Å². The van der Waals surface area contributed by atoms with Crippen molar-refractivity contribution >= 4 is 17.5 Å². The van der Waals surface area contributed by atoms with Gasteiger partial charge < -0.3 is 9.15 Å². The third kappa shape index (κ3) is 5.92. The van der Waals surface area contributed by atoms with Gasteiger partial charge in [-0.05, 0) is 55.3 Å². The van der Waals surface area contributed by atoms with Gasteiger partial charge >= 0.3 is 0 Å². The maximum Gasteiger partial charge on any atom is 0.276 e. The number of aromatic nitrogens is 2. The van der Waals surface area contributed by atoms with Crippen molar-refractivity contribution in [2.24, 2.45) is 0 Å². The van der Waals surface area contributed by atoms with Crippen LogP contribution in [0, 0.1) is 12.7 Å². The van der Waals surface area contributed by atoms with Crippen LogP contribution in [-0.4, -0.2) is 21.7 Å². The second kappa shape index (κ2) is 9.32. The van der Waals surface area contributed by atoms with Crippen LogP contribution < -0.4 is 4.74 Å². The van der Waals surface area contributed by atoms with Crippen molar-refractivity contribution in [3.05, 3.63) is 71.4 Å². The number of carbonyl (C=O) groups is 1. The van der Waals surface area contributed by atoms with Gasteiger partial charge in [0.15, 0.2) is 12.4 Å². The molecule has 0 atom stereocenters. The number of thioether (sulfide) groups is 1. The predicted octanol–water partition coefficient (Wildman–Crippen LogP) is 4.85. The summed E-state index contributed by atoms with van der Waals surface area (Å²) in [6, 6.07) is 13.3. The van der Waals surface area contributed by atoms with Crippen molar-refractivity contribution in [2.45, 2.75) is 31.6 Å². The summed E-state index contributed by atoms with van der Waals surface area (Å²) in [7, 11) is 0. The zero-order valence-corrected chi connectivity index (χ0v) is 15.7. The molecule has 0 aliphatic carbocycles. The normalized spacial score (nSPS) is 10.7. The van der Waals surface area contributed by atoms with E-state index in [1.54, 1.807) is 0 Å². The molecule has 0 unspecified atom stereocenters. The predicted molar refractivity (Wildman–Crippen MR) is 100 cm³/mol. The highest BCUT2D eigenvalue weighted by Crippen LogP contribution is 2.20. The number of hydrogen-bond donors (Lipinski definition) is 0. The van der Waals surface area contributed by atoms with E-state index in [1.807, 2.05) is 31.2 Å². The van der Waals surface area contributed by atoms with E-state index in [0.29, 0.717) is 35.3 Å². The summed E-state index contributed by atoms with van der Waals surface area (Å²) >= 11 is 1.40. The Bertz CT molecular complexity index is 896. The van der Waals surface area contributed by atoms with Crippen LogP contribution >= 0.6 is 11.8 Å². The Kier molecular flexibility index (Phi) is 6.59. The number of carbonyl (C=O) groups excluding carboxylic acids is 1. The molecule has 2 aromatic carbocycles. The van der Waals surface area contributed by atoms with Gasteiger partial charge in [-0.2, -0.15) is 0 Å². The molecule has 0 saturated heterocycles. The Morgan fingerprint density at radius 2 is 2.00 bits per heavy atom. The van der Waals surface area contributed by atoms with Crippen LogP contribution in [0.5, 0.6) is 5.75 Å². The fourth-order valence-electron chi connectivity index (χ4n) is 2.38. The lowest BCUT2D eigenvalue weighted by molar-refractivity contribution is 0.0982. The van der Waals surface area contributed by atoms with Crippen LogP contribution in [0.25, 0.3) is 0 Å². The Balaban J connectivity index is 1.39. The molecule has 27 heavy (non-hydrogen) atoms. The molecule has 1 heterocycles. The summed E-state index contributed by atoms with van der Waals surface area (Å²) < 4.78 is 24.0. The average molecular weight is 386 g/mol. The maximum absolute atomic E-state index is 12.9. The van der Waals surface area contributed by atoms with Crippen molar-refractivity contribution in [1.82, 2.24) is 10.2 Å². The minimum atomic E-state index is -0.347. The van der Waals surface area contributed by atoms with Crippen molar-refractivity contribution in [3.8, 4) is 5.75 Å². The molecule has 5 nitrogen and oxygen atoms in total. The number of ether oxygens (including phenoxy) is 1. The molecule has 0 saturated carbocycles. The summed E-state index contributed by atoms with van der Waals surface area (Å²) in [5.41, 5.74) is 1.64. The van der Waals surface area contributed by atoms with Crippen LogP contribution in [0.2, 0.25) is 0 Å². The first-order valence-electron chi connectivity index (χ1n) is 8.53. The standard InChI is InChI=1S/C20H19FN2O3S/c1-14-4-2-5-17(12-14)25-13-19-22-23-20(26-19)27-11-3-6-18(24)15-7-9-16(21)10-8-15/h2,4-5,7-10,12H,3,6,11,13H2,1H3. The molecule has 0 bridgehead atoms. The van der Waals surface area contributed by atoms with Crippen LogP contribution in [0.3, 0.4) is 0 Å². The van der Waals surface area contributed by atoms with Gasteiger partial charge in [-0.25, -0.2) is 4.39 Å². The first-order valence-corrected chi connectivity index (χ1v) is 9.52. The molecule has 0 spiro atoms. The molecule has 0 N–H and O–H groups in total. The van der Waals surface area contributed by atoms with Gasteiger partial charge in [-0.15, -0.1) is 10.2 Å². The molecular weight excluding hydrogens is 367 g/mol. The highest BCUT2D eigenvalue weighted by molar-refractivity contribution is 7.99. The van der Waals surface area contributed by atoms with Crippen molar-refractivity contribution in [1.29, 1.82) is 0 Å². The van der Waals surface area contributed by atoms with E-state index in [9.17, 15) is 9.18 Å². The number of ketones is 1. The third-order valence-electron chi connectivity index (χ3n) is 3.74. The van der Waals surface area contributed by atoms with Gasteiger partial charge in [-0.1, -0.05) is 23.9 Å². The molecule has 1 aromatic heterocycles. The van der Waals surface area contributed by atoms with Crippen molar-refractivity contribution in [2.75, 3.05) is 5.75 Å². The number of halogens is 1. The van der Waals surface area contributed by atoms with E-state index in [0.717, 1.165) is 11.3 Å². The first kappa shape index (κ1) is 19.1. The molecule has 7 heteroatoms. The maximum atomic E-state index is 12.9. The molecule has 3 rings (SSSR count). The summed E-state index contributed by atoms with van der Waals surface area (Å²) in [4.78, 5) is 12.0. The molecule has 0 aliphatic heterocycles. The van der Waals surface area contributed by atoms with Gasteiger partial charge in [0.2, 0.25) is 0 Å². The summed E-state index contributed by atoms with van der Waals surface area (Å²) in [5.74, 6) is 1.48. The minimum Gasteiger partial charge on any atom is -0.484 e. The van der Waals surface area contributed by atoms with Gasteiger partial charge in [0.1, 0.15) is 11.6 Å². The monoisotopic (exact) mass is 386 g/mol. The number of hydrogen-bond acceptors (Lipinski definition) is 6. The van der Waals surface area contributed by atoms with E-state index < -0.39 is 0 Å². The molecule has 0 fully saturated rings. The zero-order valence-electron chi connectivity index (χ0n) is 14.9. The number of Topliss-reactive ketones (excluding diaryl/α,β-unsaturated/α-hetero) is 1. The Morgan fingerprint density at radius 1 is 1.19 bits per heavy atom. The molecule has 0 aliphatic rings. The zero-order chi connectivity index (χ0) is 19.1. The van der Waals surface area contributed by atoms with Crippen LogP contribution in [0.1, 0.15) is 34.7 Å². The van der Waals surface area contributed by atoms with Gasteiger partial charge in [0, 0.05) is 17.7 Å². The molecule has 3 aromatic rings. The van der Waals surface area contributed by atoms with E-state index in [1.165, 1.54) is 36.0 Å². The summed E-state index contributed by atoms with van der Waals surface area (Å²) in [6.07, 6.45) is 1.05. The van der Waals surface area contributed by atoms with Gasteiger partial charge in [0.05, 0.1) is 0 Å². The van der Waals surface area contributed by atoms with E-state index in [4.69, 9.17) is 9.15 Å². The van der Waals surface area contributed by atoms with Crippen LogP contribution in [-0.2, 0) is 6.61 Å². The SMILES string of the molecule is Cc1cccc(OCc2nnc(SCCCC(=O)c3ccc(F)cc3)o2)c1. The minimum absolute atomic E-state index is 0.00614. The largest absolute Gasteiger partial charge is 0.484 e. The lowest BCUT2D eigenvalue weighted by Crippen LogP contribution is -1.99. The highest BCUT2D eigenvalue weighted by Gasteiger charge is 2.09. The lowest BCUT2D eigenvalue weighted by Gasteiger charge is -2.03. The molecule has 140 valence electrons. The molecule has 0 radical (unpaired) electrons. The van der Waals surface area contributed by atoms with Crippen LogP contribution in [0.15, 0.2) is 58.2 Å². The highest BCUT2D eigenvalue weighted by atomic mass is 32.2. The van der Waals surface area contributed by atoms with Crippen molar-refractivity contribution in [3.63, 3.8) is 0 Å². The van der Waals surface area contributed by atoms with Gasteiger partial charge in [-0.3, -0.25) is 4.79 Å². The molecular formula is C20H19FN2O3S. The Hall–Kier alpha value is -2.67. The number of benzene rings is 2. The number of aryl methyl sites for hydroxylation is 1. The third-order valence-corrected chi connectivity index (χ3v) is 4.64. The second-order valence-electron chi connectivity index (χ2n) is 5.95. The quantitative estimate of drug-likeness (QED) is 0.297. The van der Waals surface area contributed by atoms with Gasteiger partial charge in [0.25, 0.3) is 11.1 Å². The van der Waals surface area contributed by atoms with Crippen LogP contribution in [0.4, 0.5) is 4.39 Å². The van der Waals surface area contributed by atoms with E-state index in [-0.39, 0.29) is 18.2 Å². The summed E-state index contributed by atoms with van der Waals surface area (Å²) in [6.45, 7) is 2.20. The first-order chi connectivity index (χ1) is 13.1. The number of rotatable bonds is 9. The fraction of sp³-hybridized carbons (Fsp3) is 0.250. The summed E-state index contributed by atoms with van der Waals surface area (Å²) in [5, 5.41) is 8.38. The Morgan fingerprint density at radius 3 is 2.78 bits per heavy atom. The lowest BCUT2D eigenvalue weighted by atomic mass is 10.1. The fourth-order valence-corrected chi connectivity index (χ4v) is 3.09. The van der Waals surface area contributed by atoms with Crippen molar-refractivity contribution < 1.29 is 18.3 Å². The average Bonchev–Trinajstić information content (AvgIpc) is 3.12. The second-order valence-corrected chi connectivity index (χ2v) is 7.00. The van der Waals surface area contributed by atoms with E-state index >= 15 is 0 Å². The number of nitrogens with zero attached hydrogens (tertiary/aromatic N) is 2. The molecule has 0 amide bonds. The topological polar surface area (TPSA) is 65.2 Å².